The number of H-pyrrole nitrogens is 1. The smallest absolute Gasteiger partial charge is 0.249 e. The molecule has 2 aliphatic rings. The van der Waals surface area contributed by atoms with Crippen LogP contribution in [-0.4, -0.2) is 59.0 Å². The number of aromatic amines is 1. The van der Waals surface area contributed by atoms with Gasteiger partial charge in [-0.1, -0.05) is 30.3 Å². The molecule has 144 valence electrons. The number of rotatable bonds is 5. The van der Waals surface area contributed by atoms with Gasteiger partial charge in [0, 0.05) is 32.3 Å². The third kappa shape index (κ3) is 3.92. The first-order chi connectivity index (χ1) is 13.3. The topological polar surface area (TPSA) is 61.5 Å². The van der Waals surface area contributed by atoms with E-state index < -0.39 is 0 Å². The number of hydrogen-bond acceptors (Lipinski definition) is 4. The lowest BCUT2D eigenvalue weighted by atomic mass is 9.83. The molecule has 1 aromatic carbocycles. The van der Waals surface area contributed by atoms with Crippen molar-refractivity contribution < 1.29 is 9.53 Å². The Hall–Kier alpha value is -2.18. The van der Waals surface area contributed by atoms with Gasteiger partial charge in [0.2, 0.25) is 5.91 Å². The third-order valence-corrected chi connectivity index (χ3v) is 5.89. The van der Waals surface area contributed by atoms with Crippen LogP contribution in [0.25, 0.3) is 0 Å². The van der Waals surface area contributed by atoms with Crippen LogP contribution in [0.2, 0.25) is 0 Å². The van der Waals surface area contributed by atoms with Gasteiger partial charge in [0.1, 0.15) is 6.61 Å². The molecule has 0 spiro atoms. The number of imidazole rings is 1. The molecule has 27 heavy (non-hydrogen) atoms. The molecular formula is C21H28N4O2. The molecule has 6 nitrogen and oxygen atoms in total. The van der Waals surface area contributed by atoms with E-state index in [9.17, 15) is 4.79 Å². The van der Waals surface area contributed by atoms with Gasteiger partial charge in [-0.3, -0.25) is 9.69 Å². The number of fused-ring (bicyclic) bond motifs is 1. The Morgan fingerprint density at radius 1 is 1.22 bits per heavy atom. The van der Waals surface area contributed by atoms with Gasteiger partial charge in [0.15, 0.2) is 0 Å². The molecule has 1 saturated heterocycles. The van der Waals surface area contributed by atoms with E-state index in [1.807, 2.05) is 4.90 Å². The SMILES string of the molecule is COCC(=O)N1CCc2[nH]cnc2C1C1CCN(Cc2ccccc2)CC1. The summed E-state index contributed by atoms with van der Waals surface area (Å²) >= 11 is 0. The van der Waals surface area contributed by atoms with E-state index in [4.69, 9.17) is 4.74 Å². The summed E-state index contributed by atoms with van der Waals surface area (Å²) in [7, 11) is 1.58. The Kier molecular flexibility index (Phi) is 5.55. The van der Waals surface area contributed by atoms with Crippen molar-refractivity contribution in [2.75, 3.05) is 33.4 Å². The van der Waals surface area contributed by atoms with Crippen LogP contribution in [0.4, 0.5) is 0 Å². The maximum Gasteiger partial charge on any atom is 0.249 e. The van der Waals surface area contributed by atoms with Gasteiger partial charge in [-0.15, -0.1) is 0 Å². The first-order valence-corrected chi connectivity index (χ1v) is 9.83. The lowest BCUT2D eigenvalue weighted by molar-refractivity contribution is -0.140. The average Bonchev–Trinajstić information content (AvgIpc) is 3.18. The summed E-state index contributed by atoms with van der Waals surface area (Å²) in [5, 5.41) is 0. The monoisotopic (exact) mass is 368 g/mol. The highest BCUT2D eigenvalue weighted by Gasteiger charge is 2.39. The number of benzene rings is 1. The van der Waals surface area contributed by atoms with Crippen molar-refractivity contribution in [1.29, 1.82) is 0 Å². The van der Waals surface area contributed by atoms with Crippen molar-refractivity contribution in [2.24, 2.45) is 5.92 Å². The van der Waals surface area contributed by atoms with E-state index in [2.05, 4.69) is 45.2 Å². The van der Waals surface area contributed by atoms with Crippen molar-refractivity contribution in [1.82, 2.24) is 19.8 Å². The van der Waals surface area contributed by atoms with Crippen molar-refractivity contribution >= 4 is 5.91 Å². The second-order valence-electron chi connectivity index (χ2n) is 7.58. The molecule has 1 unspecified atom stereocenters. The number of nitrogens with zero attached hydrogens (tertiary/aromatic N) is 3. The molecule has 0 aliphatic carbocycles. The number of piperidine rings is 1. The Labute approximate surface area is 160 Å². The molecule has 4 rings (SSSR count). The minimum atomic E-state index is 0.0709. The highest BCUT2D eigenvalue weighted by atomic mass is 16.5. The van der Waals surface area contributed by atoms with Crippen molar-refractivity contribution in [3.8, 4) is 0 Å². The highest BCUT2D eigenvalue weighted by molar-refractivity contribution is 5.78. The molecule has 0 radical (unpaired) electrons. The lowest BCUT2D eigenvalue weighted by Crippen LogP contribution is -2.47. The molecule has 1 aromatic heterocycles. The number of aromatic nitrogens is 2. The third-order valence-electron chi connectivity index (χ3n) is 5.89. The minimum absolute atomic E-state index is 0.0709. The number of nitrogens with one attached hydrogen (secondary N) is 1. The zero-order chi connectivity index (χ0) is 18.6. The summed E-state index contributed by atoms with van der Waals surface area (Å²) in [6.07, 6.45) is 4.78. The molecule has 2 aliphatic heterocycles. The fraction of sp³-hybridized carbons (Fsp3) is 0.524. The van der Waals surface area contributed by atoms with Gasteiger partial charge >= 0.3 is 0 Å². The molecule has 0 saturated carbocycles. The van der Waals surface area contributed by atoms with Crippen LogP contribution < -0.4 is 0 Å². The van der Waals surface area contributed by atoms with Gasteiger partial charge in [-0.05, 0) is 37.4 Å². The largest absolute Gasteiger partial charge is 0.375 e. The molecule has 0 bridgehead atoms. The van der Waals surface area contributed by atoms with E-state index in [1.54, 1.807) is 13.4 Å². The Bertz CT molecular complexity index is 753. The Morgan fingerprint density at radius 3 is 2.74 bits per heavy atom. The normalized spacial score (nSPS) is 21.2. The quantitative estimate of drug-likeness (QED) is 0.880. The molecule has 1 amide bonds. The summed E-state index contributed by atoms with van der Waals surface area (Å²) in [5.74, 6) is 0.517. The Balaban J connectivity index is 1.45. The van der Waals surface area contributed by atoms with Gasteiger partial charge in [-0.25, -0.2) is 4.98 Å². The second kappa shape index (κ2) is 8.23. The van der Waals surface area contributed by atoms with Crippen LogP contribution in [0.1, 0.15) is 35.8 Å². The number of methoxy groups -OCH3 is 1. The van der Waals surface area contributed by atoms with E-state index in [1.165, 1.54) is 11.3 Å². The van der Waals surface area contributed by atoms with Gasteiger partial charge in [-0.2, -0.15) is 0 Å². The van der Waals surface area contributed by atoms with Crippen LogP contribution in [-0.2, 0) is 22.5 Å². The molecule has 6 heteroatoms. The first kappa shape index (κ1) is 18.2. The van der Waals surface area contributed by atoms with Crippen molar-refractivity contribution in [3.63, 3.8) is 0 Å². The fourth-order valence-corrected chi connectivity index (χ4v) is 4.54. The van der Waals surface area contributed by atoms with Crippen LogP contribution in [0, 0.1) is 5.92 Å². The van der Waals surface area contributed by atoms with Crippen LogP contribution >= 0.6 is 0 Å². The molecule has 2 aromatic rings. The zero-order valence-corrected chi connectivity index (χ0v) is 15.9. The maximum absolute atomic E-state index is 12.6. The maximum atomic E-state index is 12.6. The fourth-order valence-electron chi connectivity index (χ4n) is 4.54. The predicted octanol–water partition coefficient (Wildman–Crippen LogP) is 2.39. The van der Waals surface area contributed by atoms with Crippen LogP contribution in [0.5, 0.6) is 0 Å². The molecular weight excluding hydrogens is 340 g/mol. The number of hydrogen-bond donors (Lipinski definition) is 1. The summed E-state index contributed by atoms with van der Waals surface area (Å²) in [6, 6.07) is 10.7. The summed E-state index contributed by atoms with van der Waals surface area (Å²) in [4.78, 5) is 25.0. The summed E-state index contributed by atoms with van der Waals surface area (Å²) < 4.78 is 5.12. The van der Waals surface area contributed by atoms with E-state index >= 15 is 0 Å². The van der Waals surface area contributed by atoms with Crippen LogP contribution in [0.3, 0.4) is 0 Å². The first-order valence-electron chi connectivity index (χ1n) is 9.83. The van der Waals surface area contributed by atoms with Crippen molar-refractivity contribution in [2.45, 2.75) is 31.8 Å². The standard InChI is InChI=1S/C21H28N4O2/c1-27-14-19(26)25-12-9-18-20(23-15-22-18)21(25)17-7-10-24(11-8-17)13-16-5-3-2-4-6-16/h2-6,15,17,21H,7-14H2,1H3,(H,22,23). The number of amides is 1. The van der Waals surface area contributed by atoms with E-state index in [0.29, 0.717) is 5.92 Å². The predicted molar refractivity (Wildman–Crippen MR) is 103 cm³/mol. The lowest BCUT2D eigenvalue weighted by Gasteiger charge is -2.43. The van der Waals surface area contributed by atoms with Gasteiger partial charge in [0.25, 0.3) is 0 Å². The van der Waals surface area contributed by atoms with Gasteiger partial charge in [0.05, 0.1) is 18.1 Å². The number of carbonyl (C=O) groups is 1. The number of ether oxygens (including phenoxy) is 1. The average molecular weight is 368 g/mol. The molecule has 1 fully saturated rings. The van der Waals surface area contributed by atoms with Crippen molar-refractivity contribution in [3.05, 3.63) is 53.6 Å². The zero-order valence-electron chi connectivity index (χ0n) is 15.9. The Morgan fingerprint density at radius 2 is 2.00 bits per heavy atom. The molecule has 1 atom stereocenters. The molecule has 3 heterocycles. The second-order valence-corrected chi connectivity index (χ2v) is 7.58. The summed E-state index contributed by atoms with van der Waals surface area (Å²) in [5.41, 5.74) is 3.61. The minimum Gasteiger partial charge on any atom is -0.375 e. The number of carbonyl (C=O) groups excluding carboxylic acids is 1. The number of likely N-dealkylation sites (tertiary alicyclic amines) is 1. The molecule has 1 N–H and O–H groups in total. The van der Waals surface area contributed by atoms with E-state index in [-0.39, 0.29) is 18.6 Å². The summed E-state index contributed by atoms with van der Waals surface area (Å²) in [6.45, 7) is 4.00. The van der Waals surface area contributed by atoms with Crippen LogP contribution in [0.15, 0.2) is 36.7 Å². The van der Waals surface area contributed by atoms with E-state index in [0.717, 1.165) is 51.1 Å². The highest BCUT2D eigenvalue weighted by Crippen LogP contribution is 2.38. The van der Waals surface area contributed by atoms with Gasteiger partial charge < -0.3 is 14.6 Å².